The van der Waals surface area contributed by atoms with Gasteiger partial charge in [-0.05, 0) is 0 Å². The van der Waals surface area contributed by atoms with Crippen LogP contribution in [0.3, 0.4) is 0 Å². The van der Waals surface area contributed by atoms with E-state index in [1.54, 1.807) is 0 Å². The smallest absolute Gasteiger partial charge is 0.334 e. The zero-order chi connectivity index (χ0) is 12.0. The van der Waals surface area contributed by atoms with Crippen molar-refractivity contribution in [2.24, 2.45) is 0 Å². The number of esters is 2. The molecule has 1 unspecified atom stereocenters. The van der Waals surface area contributed by atoms with E-state index in [2.05, 4.69) is 13.2 Å². The van der Waals surface area contributed by atoms with E-state index in [1.165, 1.54) is 6.08 Å². The van der Waals surface area contributed by atoms with Crippen molar-refractivity contribution >= 4 is 11.9 Å². The third-order valence-electron chi connectivity index (χ3n) is 1.81. The lowest BCUT2D eigenvalue weighted by Crippen LogP contribution is -2.14. The van der Waals surface area contributed by atoms with Crippen LogP contribution >= 0.6 is 0 Å². The second kappa shape index (κ2) is 6.07. The first-order valence-corrected chi connectivity index (χ1v) is 4.86. The molecule has 0 saturated carbocycles. The number of epoxide rings is 1. The molecular formula is C11H14O5. The average molecular weight is 226 g/mol. The van der Waals surface area contributed by atoms with Crippen molar-refractivity contribution < 1.29 is 23.8 Å². The Morgan fingerprint density at radius 3 is 2.69 bits per heavy atom. The van der Waals surface area contributed by atoms with E-state index >= 15 is 0 Å². The highest BCUT2D eigenvalue weighted by atomic mass is 16.6. The van der Waals surface area contributed by atoms with Crippen molar-refractivity contribution in [2.75, 3.05) is 19.8 Å². The van der Waals surface area contributed by atoms with E-state index in [0.717, 1.165) is 0 Å². The molecule has 0 spiro atoms. The van der Waals surface area contributed by atoms with Gasteiger partial charge in [-0.2, -0.15) is 0 Å². The lowest BCUT2D eigenvalue weighted by molar-refractivity contribution is -0.146. The molecular weight excluding hydrogens is 212 g/mol. The summed E-state index contributed by atoms with van der Waals surface area (Å²) < 4.78 is 14.4. The Bertz CT molecular complexity index is 303. The molecule has 1 fully saturated rings. The van der Waals surface area contributed by atoms with Crippen LogP contribution in [0.2, 0.25) is 0 Å². The maximum Gasteiger partial charge on any atom is 0.334 e. The summed E-state index contributed by atoms with van der Waals surface area (Å²) in [5.74, 6) is -1.12. The summed E-state index contributed by atoms with van der Waals surface area (Å²) in [5.41, 5.74) is 0.0727. The third-order valence-corrected chi connectivity index (χ3v) is 1.81. The van der Waals surface area contributed by atoms with E-state index in [9.17, 15) is 9.59 Å². The van der Waals surface area contributed by atoms with Crippen LogP contribution in [0.15, 0.2) is 24.8 Å². The van der Waals surface area contributed by atoms with Crippen molar-refractivity contribution in [1.29, 1.82) is 0 Å². The van der Waals surface area contributed by atoms with Crippen LogP contribution in [-0.4, -0.2) is 37.9 Å². The first-order chi connectivity index (χ1) is 7.63. The number of hydrogen-bond donors (Lipinski definition) is 0. The Labute approximate surface area is 93.7 Å². The van der Waals surface area contributed by atoms with Gasteiger partial charge >= 0.3 is 11.9 Å². The van der Waals surface area contributed by atoms with Gasteiger partial charge in [0.15, 0.2) is 0 Å². The Kier molecular flexibility index (Phi) is 4.72. The lowest BCUT2D eigenvalue weighted by atomic mass is 10.2. The van der Waals surface area contributed by atoms with Crippen molar-refractivity contribution in [3.05, 3.63) is 24.8 Å². The largest absolute Gasteiger partial charge is 0.463 e. The van der Waals surface area contributed by atoms with Crippen molar-refractivity contribution in [1.82, 2.24) is 0 Å². The molecule has 1 atom stereocenters. The van der Waals surface area contributed by atoms with Gasteiger partial charge in [0.1, 0.15) is 19.3 Å². The normalized spacial score (nSPS) is 17.4. The summed E-state index contributed by atoms with van der Waals surface area (Å²) in [5, 5.41) is 0. The molecule has 0 aromatic rings. The molecule has 0 radical (unpaired) electrons. The third kappa shape index (κ3) is 4.75. The SMILES string of the molecule is C=CCOC(=O)C(=C)CC(=O)OCC1CO1. The second-order valence-electron chi connectivity index (χ2n) is 3.31. The van der Waals surface area contributed by atoms with Crippen LogP contribution in [0.25, 0.3) is 0 Å². The van der Waals surface area contributed by atoms with Crippen molar-refractivity contribution in [3.8, 4) is 0 Å². The molecule has 1 aliphatic heterocycles. The number of hydrogen-bond acceptors (Lipinski definition) is 5. The number of carbonyl (C=O) groups excluding carboxylic acids is 2. The minimum Gasteiger partial charge on any atom is -0.463 e. The summed E-state index contributed by atoms with van der Waals surface area (Å²) >= 11 is 0. The van der Waals surface area contributed by atoms with Gasteiger partial charge in [0.2, 0.25) is 0 Å². The molecule has 16 heavy (non-hydrogen) atoms. The molecule has 0 aromatic heterocycles. The van der Waals surface area contributed by atoms with Gasteiger partial charge in [0, 0.05) is 5.57 Å². The Morgan fingerprint density at radius 1 is 1.44 bits per heavy atom. The van der Waals surface area contributed by atoms with Crippen LogP contribution in [0.5, 0.6) is 0 Å². The first kappa shape index (κ1) is 12.4. The summed E-state index contributed by atoms with van der Waals surface area (Å²) in [6, 6.07) is 0. The predicted octanol–water partition coefficient (Wildman–Crippen LogP) is 0.604. The molecule has 5 nitrogen and oxygen atoms in total. The highest BCUT2D eigenvalue weighted by Gasteiger charge is 2.24. The predicted molar refractivity (Wildman–Crippen MR) is 55.6 cm³/mol. The Balaban J connectivity index is 2.17. The number of rotatable bonds is 7. The maximum absolute atomic E-state index is 11.2. The summed E-state index contributed by atoms with van der Waals surface area (Å²) in [7, 11) is 0. The molecule has 1 aliphatic rings. The van der Waals surface area contributed by atoms with Gasteiger partial charge in [-0.25, -0.2) is 4.79 Å². The van der Waals surface area contributed by atoms with E-state index in [0.29, 0.717) is 6.61 Å². The summed E-state index contributed by atoms with van der Waals surface area (Å²) in [6.45, 7) is 7.80. The zero-order valence-electron chi connectivity index (χ0n) is 8.94. The molecule has 1 saturated heterocycles. The van der Waals surface area contributed by atoms with Crippen LogP contribution in [0.1, 0.15) is 6.42 Å². The van der Waals surface area contributed by atoms with Gasteiger partial charge in [0.25, 0.3) is 0 Å². The van der Waals surface area contributed by atoms with E-state index in [1.807, 2.05) is 0 Å². The second-order valence-corrected chi connectivity index (χ2v) is 3.31. The Morgan fingerprint density at radius 2 is 2.12 bits per heavy atom. The van der Waals surface area contributed by atoms with E-state index < -0.39 is 11.9 Å². The fourth-order valence-electron chi connectivity index (χ4n) is 0.884. The minimum absolute atomic E-state index is 0.0185. The van der Waals surface area contributed by atoms with Crippen molar-refractivity contribution in [3.63, 3.8) is 0 Å². The van der Waals surface area contributed by atoms with Crippen molar-refractivity contribution in [2.45, 2.75) is 12.5 Å². The van der Waals surface area contributed by atoms with Gasteiger partial charge < -0.3 is 14.2 Å². The summed E-state index contributed by atoms with van der Waals surface area (Å²) in [4.78, 5) is 22.4. The topological polar surface area (TPSA) is 65.1 Å². The maximum atomic E-state index is 11.2. The molecule has 0 N–H and O–H groups in total. The van der Waals surface area contributed by atoms with Gasteiger partial charge in [-0.15, -0.1) is 0 Å². The quantitative estimate of drug-likeness (QED) is 0.275. The van der Waals surface area contributed by atoms with Gasteiger partial charge in [-0.3, -0.25) is 4.79 Å². The molecule has 0 amide bonds. The minimum atomic E-state index is -0.612. The highest BCUT2D eigenvalue weighted by Crippen LogP contribution is 2.10. The average Bonchev–Trinajstić information content (AvgIpc) is 3.06. The van der Waals surface area contributed by atoms with Crippen LogP contribution < -0.4 is 0 Å². The monoisotopic (exact) mass is 226 g/mol. The fraction of sp³-hybridized carbons (Fsp3) is 0.455. The molecule has 5 heteroatoms. The standard InChI is InChI=1S/C11H14O5/c1-3-4-14-11(13)8(2)5-10(12)16-7-9-6-15-9/h3,9H,1-2,4-7H2. The van der Waals surface area contributed by atoms with E-state index in [-0.39, 0.29) is 31.3 Å². The molecule has 1 heterocycles. The molecule has 0 bridgehead atoms. The van der Waals surface area contributed by atoms with Crippen LogP contribution in [-0.2, 0) is 23.8 Å². The first-order valence-electron chi connectivity index (χ1n) is 4.86. The Hall–Kier alpha value is -1.62. The highest BCUT2D eigenvalue weighted by molar-refractivity contribution is 5.93. The van der Waals surface area contributed by atoms with E-state index in [4.69, 9.17) is 14.2 Å². The van der Waals surface area contributed by atoms with Crippen LogP contribution in [0.4, 0.5) is 0 Å². The van der Waals surface area contributed by atoms with Gasteiger partial charge in [0.05, 0.1) is 13.0 Å². The summed E-state index contributed by atoms with van der Waals surface area (Å²) in [6.07, 6.45) is 1.29. The molecule has 0 aliphatic carbocycles. The molecule has 0 aromatic carbocycles. The fourth-order valence-corrected chi connectivity index (χ4v) is 0.884. The lowest BCUT2D eigenvalue weighted by Gasteiger charge is -2.05. The molecule has 88 valence electrons. The number of carbonyl (C=O) groups is 2. The number of ether oxygens (including phenoxy) is 3. The van der Waals surface area contributed by atoms with Crippen LogP contribution in [0, 0.1) is 0 Å². The van der Waals surface area contributed by atoms with Gasteiger partial charge in [-0.1, -0.05) is 19.2 Å². The zero-order valence-corrected chi connectivity index (χ0v) is 8.94. The molecule has 1 rings (SSSR count).